The minimum atomic E-state index is -2.82. The molecule has 0 aliphatic carbocycles. The molecule has 14 nitrogen and oxygen atoms in total. The maximum Gasteiger partial charge on any atom is 0.328 e. The van der Waals surface area contributed by atoms with E-state index in [1.165, 1.54) is 60.8 Å². The molecule has 0 saturated heterocycles. The molecule has 1 atom stereocenters. The summed E-state index contributed by atoms with van der Waals surface area (Å²) < 4.78 is 57.5. The first-order valence-corrected chi connectivity index (χ1v) is 15.6. The van der Waals surface area contributed by atoms with Crippen LogP contribution in [0.15, 0.2) is 79.4 Å². The number of esters is 1. The minimum Gasteiger partial charge on any atom is -0.485 e. The first-order valence-electron chi connectivity index (χ1n) is 15.6. The van der Waals surface area contributed by atoms with Crippen molar-refractivity contribution in [3.63, 3.8) is 0 Å². The first kappa shape index (κ1) is 35.1. The number of para-hydroxylation sites is 1. The van der Waals surface area contributed by atoms with Gasteiger partial charge in [-0.15, -0.1) is 0 Å². The lowest BCUT2D eigenvalue weighted by molar-refractivity contribution is -0.142. The second-order valence-electron chi connectivity index (χ2n) is 11.4. The molecular formula is C35H31F3N8O6. The van der Waals surface area contributed by atoms with Crippen LogP contribution in [0.4, 0.5) is 29.5 Å². The Morgan fingerprint density at radius 1 is 1.04 bits per heavy atom. The highest BCUT2D eigenvalue weighted by Gasteiger charge is 2.25. The molecule has 0 saturated carbocycles. The molecule has 3 heterocycles. The summed E-state index contributed by atoms with van der Waals surface area (Å²) in [4.78, 5) is 48.8. The van der Waals surface area contributed by atoms with E-state index in [1.54, 1.807) is 37.3 Å². The number of carbonyl (C=O) groups is 3. The summed E-state index contributed by atoms with van der Waals surface area (Å²) in [6, 6.07) is 13.2. The normalized spacial score (nSPS) is 11.7. The fourth-order valence-corrected chi connectivity index (χ4v) is 5.37. The van der Waals surface area contributed by atoms with Gasteiger partial charge in [0.15, 0.2) is 11.6 Å². The number of aryl methyl sites for hydroxylation is 1. The van der Waals surface area contributed by atoms with Crippen LogP contribution in [-0.4, -0.2) is 68.7 Å². The van der Waals surface area contributed by atoms with Crippen molar-refractivity contribution in [1.29, 1.82) is 0 Å². The molecule has 0 spiro atoms. The standard InChI is InChI=1S/C35H31F3N8O6/c1-18-9-21(52-29-6-4-3-5-23(29)36)7-8-28(18)46-33(39)22(15-42-46)32(47)26-10-19-11-30(51-16-31(37)38)25(13-24(19)43-26)44-35(49)45-27(34(48)50-2)12-20-14-40-17-41-20/h3-11,13-15,17,27,31,43H,12,16,39H2,1-2H3,(H,40,41)(H2,44,45,49)/t27-/m0/s1. The highest BCUT2D eigenvalue weighted by molar-refractivity contribution is 6.13. The van der Waals surface area contributed by atoms with Crippen LogP contribution in [0.2, 0.25) is 0 Å². The van der Waals surface area contributed by atoms with Gasteiger partial charge >= 0.3 is 12.0 Å². The molecule has 0 bridgehead atoms. The van der Waals surface area contributed by atoms with Gasteiger partial charge in [0, 0.05) is 29.2 Å². The van der Waals surface area contributed by atoms with E-state index in [0.717, 1.165) is 0 Å². The summed E-state index contributed by atoms with van der Waals surface area (Å²) in [6.45, 7) is 0.798. The van der Waals surface area contributed by atoms with E-state index in [1.807, 2.05) is 0 Å². The molecule has 0 unspecified atom stereocenters. The van der Waals surface area contributed by atoms with Crippen LogP contribution >= 0.6 is 0 Å². The number of hydrogen-bond acceptors (Lipinski definition) is 9. The molecule has 17 heteroatoms. The number of halogens is 3. The molecule has 6 rings (SSSR count). The zero-order valence-corrected chi connectivity index (χ0v) is 27.6. The average Bonchev–Trinajstić information content (AvgIpc) is 3.88. The smallest absolute Gasteiger partial charge is 0.328 e. The second-order valence-corrected chi connectivity index (χ2v) is 11.4. The Morgan fingerprint density at radius 3 is 2.56 bits per heavy atom. The number of hydrogen-bond donors (Lipinski definition) is 5. The predicted octanol–water partition coefficient (Wildman–Crippen LogP) is 5.68. The van der Waals surface area contributed by atoms with Gasteiger partial charge in [0.05, 0.1) is 42.3 Å². The number of amides is 2. The van der Waals surface area contributed by atoms with Crippen LogP contribution < -0.4 is 25.8 Å². The molecule has 0 aliphatic rings. The molecule has 6 aromatic rings. The maximum atomic E-state index is 14.1. The van der Waals surface area contributed by atoms with Crippen LogP contribution in [0.3, 0.4) is 0 Å². The van der Waals surface area contributed by atoms with Gasteiger partial charge in [0.1, 0.15) is 30.0 Å². The Kier molecular flexibility index (Phi) is 10.1. The lowest BCUT2D eigenvalue weighted by atomic mass is 10.1. The molecule has 268 valence electrons. The number of aromatic nitrogens is 5. The van der Waals surface area contributed by atoms with Crippen LogP contribution in [0.1, 0.15) is 27.3 Å². The van der Waals surface area contributed by atoms with Crippen molar-refractivity contribution in [2.75, 3.05) is 24.8 Å². The Bertz CT molecular complexity index is 2250. The lowest BCUT2D eigenvalue weighted by Crippen LogP contribution is -2.45. The molecular weight excluding hydrogens is 685 g/mol. The number of ether oxygens (including phenoxy) is 3. The summed E-state index contributed by atoms with van der Waals surface area (Å²) in [5, 5.41) is 9.73. The quantitative estimate of drug-likeness (QED) is 0.0739. The SMILES string of the molecule is COC(=O)[C@H](Cc1cnc[nH]1)NC(=O)Nc1cc2[nH]c(C(=O)c3cnn(-c4ccc(Oc5ccccc5F)cc4C)c3N)cc2cc1OCC(F)F. The average molecular weight is 717 g/mol. The topological polar surface area (TPSA) is 191 Å². The van der Waals surface area contributed by atoms with E-state index in [9.17, 15) is 27.6 Å². The van der Waals surface area contributed by atoms with Crippen molar-refractivity contribution in [2.24, 2.45) is 0 Å². The first-order chi connectivity index (χ1) is 25.0. The van der Waals surface area contributed by atoms with Crippen LogP contribution in [0.5, 0.6) is 17.2 Å². The number of anilines is 2. The summed E-state index contributed by atoms with van der Waals surface area (Å²) in [5.74, 6) is -1.41. The zero-order chi connectivity index (χ0) is 36.9. The van der Waals surface area contributed by atoms with Gasteiger partial charge in [-0.2, -0.15) is 5.10 Å². The number of alkyl halides is 2. The monoisotopic (exact) mass is 716 g/mol. The van der Waals surface area contributed by atoms with Gasteiger partial charge in [0.2, 0.25) is 5.78 Å². The highest BCUT2D eigenvalue weighted by Crippen LogP contribution is 2.33. The minimum absolute atomic E-state index is 0.0260. The number of urea groups is 1. The maximum absolute atomic E-state index is 14.1. The van der Waals surface area contributed by atoms with Gasteiger partial charge in [-0.25, -0.2) is 32.4 Å². The molecule has 3 aromatic heterocycles. The number of fused-ring (bicyclic) bond motifs is 1. The number of rotatable bonds is 13. The molecule has 52 heavy (non-hydrogen) atoms. The Labute approximate surface area is 293 Å². The third-order valence-corrected chi connectivity index (χ3v) is 7.86. The molecule has 2 amide bonds. The highest BCUT2D eigenvalue weighted by atomic mass is 19.3. The number of nitrogen functional groups attached to an aromatic ring is 1. The zero-order valence-electron chi connectivity index (χ0n) is 27.6. The van der Waals surface area contributed by atoms with Crippen LogP contribution in [0, 0.1) is 12.7 Å². The fourth-order valence-electron chi connectivity index (χ4n) is 5.37. The predicted molar refractivity (Wildman–Crippen MR) is 183 cm³/mol. The molecule has 0 aliphatic heterocycles. The number of carbonyl (C=O) groups excluding carboxylic acids is 3. The van der Waals surface area contributed by atoms with E-state index < -0.39 is 42.7 Å². The van der Waals surface area contributed by atoms with Gasteiger partial charge in [-0.1, -0.05) is 12.1 Å². The van der Waals surface area contributed by atoms with E-state index in [2.05, 4.69) is 30.7 Å². The van der Waals surface area contributed by atoms with Crippen molar-refractivity contribution in [2.45, 2.75) is 25.8 Å². The van der Waals surface area contributed by atoms with Crippen molar-refractivity contribution in [3.05, 3.63) is 108 Å². The lowest BCUT2D eigenvalue weighted by Gasteiger charge is -2.18. The van der Waals surface area contributed by atoms with Crippen molar-refractivity contribution in [3.8, 4) is 22.9 Å². The number of nitrogens with one attached hydrogen (secondary N) is 4. The number of aromatic amines is 2. The van der Waals surface area contributed by atoms with Crippen LogP contribution in [-0.2, 0) is 16.0 Å². The van der Waals surface area contributed by atoms with Crippen molar-refractivity contribution < 1.29 is 41.8 Å². The number of nitrogens with zero attached hydrogens (tertiary/aromatic N) is 3. The number of H-pyrrole nitrogens is 2. The molecule has 6 N–H and O–H groups in total. The number of nitrogens with two attached hydrogens (primary N) is 1. The van der Waals surface area contributed by atoms with Gasteiger partial charge in [-0.05, 0) is 61.0 Å². The van der Waals surface area contributed by atoms with E-state index >= 15 is 0 Å². The second kappa shape index (κ2) is 15.0. The van der Waals surface area contributed by atoms with Crippen molar-refractivity contribution in [1.82, 2.24) is 30.0 Å². The number of imidazole rings is 1. The van der Waals surface area contributed by atoms with Gasteiger partial charge < -0.3 is 40.5 Å². The number of ketones is 1. The van der Waals surface area contributed by atoms with E-state index in [4.69, 9.17) is 19.9 Å². The largest absolute Gasteiger partial charge is 0.485 e. The van der Waals surface area contributed by atoms with E-state index in [0.29, 0.717) is 33.6 Å². The van der Waals surface area contributed by atoms with Crippen molar-refractivity contribution >= 4 is 40.2 Å². The van der Waals surface area contributed by atoms with Crippen LogP contribution in [0.25, 0.3) is 16.6 Å². The van der Waals surface area contributed by atoms with E-state index in [-0.39, 0.29) is 40.7 Å². The Hall–Kier alpha value is -6.78. The molecule has 0 fully saturated rings. The number of benzene rings is 3. The summed E-state index contributed by atoms with van der Waals surface area (Å²) >= 11 is 0. The third kappa shape index (κ3) is 7.67. The fraction of sp³-hybridized carbons (Fsp3) is 0.171. The van der Waals surface area contributed by atoms with Gasteiger partial charge in [0.25, 0.3) is 6.43 Å². The summed E-state index contributed by atoms with van der Waals surface area (Å²) in [5.41, 5.74) is 8.64. The molecule has 0 radical (unpaired) electrons. The third-order valence-electron chi connectivity index (χ3n) is 7.86. The molecule has 3 aromatic carbocycles. The summed E-state index contributed by atoms with van der Waals surface area (Å²) in [6.07, 6.45) is 1.41. The summed E-state index contributed by atoms with van der Waals surface area (Å²) in [7, 11) is 1.17. The Balaban J connectivity index is 1.23. The number of methoxy groups -OCH3 is 1. The Morgan fingerprint density at radius 2 is 1.85 bits per heavy atom. The van der Waals surface area contributed by atoms with Gasteiger partial charge in [-0.3, -0.25) is 4.79 Å².